The maximum absolute atomic E-state index is 13.5. The van der Waals surface area contributed by atoms with Crippen LogP contribution in [0.15, 0.2) is 29.2 Å². The Morgan fingerprint density at radius 2 is 1.33 bits per heavy atom. The first-order valence-corrected chi connectivity index (χ1v) is 12.3. The SMILES string of the molecule is Cc1c(C)c(C)c(S(=O)(=O)N2CCN(C(=O)CNC(=O)c3ccc(F)cc3)CC2)c(C)c1C. The summed E-state index contributed by atoms with van der Waals surface area (Å²) in [6.07, 6.45) is 0. The van der Waals surface area contributed by atoms with E-state index >= 15 is 0 Å². The van der Waals surface area contributed by atoms with Crippen molar-refractivity contribution in [1.82, 2.24) is 14.5 Å². The number of sulfonamides is 1. The second kappa shape index (κ2) is 9.61. The molecule has 0 bridgehead atoms. The van der Waals surface area contributed by atoms with Crippen molar-refractivity contribution in [2.24, 2.45) is 0 Å². The molecule has 0 saturated carbocycles. The zero-order valence-corrected chi connectivity index (χ0v) is 20.5. The monoisotopic (exact) mass is 475 g/mol. The first-order valence-electron chi connectivity index (χ1n) is 10.8. The smallest absolute Gasteiger partial charge is 0.251 e. The maximum Gasteiger partial charge on any atom is 0.251 e. The van der Waals surface area contributed by atoms with E-state index in [0.29, 0.717) is 4.90 Å². The minimum atomic E-state index is -3.70. The Labute approximate surface area is 194 Å². The van der Waals surface area contributed by atoms with Crippen LogP contribution in [0.1, 0.15) is 38.2 Å². The minimum Gasteiger partial charge on any atom is -0.343 e. The molecule has 0 aromatic heterocycles. The van der Waals surface area contributed by atoms with Gasteiger partial charge in [-0.15, -0.1) is 0 Å². The van der Waals surface area contributed by atoms with E-state index in [4.69, 9.17) is 0 Å². The van der Waals surface area contributed by atoms with Crippen LogP contribution in [0.25, 0.3) is 0 Å². The molecule has 0 aliphatic carbocycles. The fourth-order valence-corrected chi connectivity index (χ4v) is 6.11. The Kier molecular flexibility index (Phi) is 7.23. The van der Waals surface area contributed by atoms with Gasteiger partial charge in [-0.25, -0.2) is 12.8 Å². The van der Waals surface area contributed by atoms with Crippen LogP contribution in [0.5, 0.6) is 0 Å². The number of hydrogen-bond acceptors (Lipinski definition) is 4. The summed E-state index contributed by atoms with van der Waals surface area (Å²) >= 11 is 0. The standard InChI is InChI=1S/C24H30FN3O4S/c1-15-16(2)18(4)23(19(5)17(15)3)33(31,32)28-12-10-27(11-13-28)22(29)14-26-24(30)20-6-8-21(25)9-7-20/h6-9H,10-14H2,1-5H3,(H,26,30). The zero-order chi connectivity index (χ0) is 24.5. The Hall–Kier alpha value is -2.78. The third kappa shape index (κ3) is 4.94. The maximum atomic E-state index is 13.5. The first kappa shape index (κ1) is 24.9. The average Bonchev–Trinajstić information content (AvgIpc) is 2.80. The van der Waals surface area contributed by atoms with E-state index in [-0.39, 0.29) is 44.2 Å². The van der Waals surface area contributed by atoms with E-state index in [1.807, 2.05) is 34.6 Å². The van der Waals surface area contributed by atoms with E-state index in [0.717, 1.165) is 27.8 Å². The lowest BCUT2D eigenvalue weighted by Gasteiger charge is -2.35. The van der Waals surface area contributed by atoms with Gasteiger partial charge < -0.3 is 10.2 Å². The van der Waals surface area contributed by atoms with Crippen molar-refractivity contribution in [2.45, 2.75) is 39.5 Å². The Balaban J connectivity index is 1.64. The summed E-state index contributed by atoms with van der Waals surface area (Å²) in [4.78, 5) is 26.6. The quantitative estimate of drug-likeness (QED) is 0.720. The van der Waals surface area contributed by atoms with Gasteiger partial charge in [0.25, 0.3) is 5.91 Å². The number of halogens is 1. The highest BCUT2D eigenvalue weighted by atomic mass is 32.2. The summed E-state index contributed by atoms with van der Waals surface area (Å²) in [7, 11) is -3.70. The summed E-state index contributed by atoms with van der Waals surface area (Å²) in [5.41, 5.74) is 4.83. The van der Waals surface area contributed by atoms with Gasteiger partial charge in [-0.2, -0.15) is 4.31 Å². The van der Waals surface area contributed by atoms with Gasteiger partial charge in [-0.3, -0.25) is 9.59 Å². The molecule has 1 aliphatic heterocycles. The molecule has 1 heterocycles. The molecule has 0 spiro atoms. The van der Waals surface area contributed by atoms with Gasteiger partial charge in [-0.1, -0.05) is 0 Å². The van der Waals surface area contributed by atoms with E-state index < -0.39 is 21.7 Å². The highest BCUT2D eigenvalue weighted by Gasteiger charge is 2.33. The third-order valence-electron chi connectivity index (χ3n) is 6.63. The van der Waals surface area contributed by atoms with Crippen LogP contribution in [0, 0.1) is 40.4 Å². The molecule has 1 fully saturated rings. The summed E-state index contributed by atoms with van der Waals surface area (Å²) < 4.78 is 41.3. The predicted octanol–water partition coefficient (Wildman–Crippen LogP) is 2.63. The van der Waals surface area contributed by atoms with E-state index in [1.165, 1.54) is 28.6 Å². The number of benzene rings is 2. The molecule has 2 aromatic carbocycles. The molecule has 0 atom stereocenters. The lowest BCUT2D eigenvalue weighted by Crippen LogP contribution is -2.52. The largest absolute Gasteiger partial charge is 0.343 e. The minimum absolute atomic E-state index is 0.185. The van der Waals surface area contributed by atoms with Crippen LogP contribution in [-0.2, 0) is 14.8 Å². The van der Waals surface area contributed by atoms with Crippen LogP contribution in [0.4, 0.5) is 4.39 Å². The second-order valence-corrected chi connectivity index (χ2v) is 10.3. The van der Waals surface area contributed by atoms with Crippen molar-refractivity contribution in [3.63, 3.8) is 0 Å². The lowest BCUT2D eigenvalue weighted by molar-refractivity contribution is -0.131. The molecule has 0 radical (unpaired) electrons. The molecule has 0 unspecified atom stereocenters. The first-order chi connectivity index (χ1) is 15.4. The molecule has 33 heavy (non-hydrogen) atoms. The number of amides is 2. The van der Waals surface area contributed by atoms with Gasteiger partial charge in [0.15, 0.2) is 0 Å². The molecule has 7 nitrogen and oxygen atoms in total. The van der Waals surface area contributed by atoms with Gasteiger partial charge >= 0.3 is 0 Å². The summed E-state index contributed by atoms with van der Waals surface area (Å²) in [5.74, 6) is -1.21. The summed E-state index contributed by atoms with van der Waals surface area (Å²) in [6, 6.07) is 5.04. The second-order valence-electron chi connectivity index (χ2n) is 8.43. The van der Waals surface area contributed by atoms with Crippen LogP contribution in [0.2, 0.25) is 0 Å². The number of hydrogen-bond donors (Lipinski definition) is 1. The molecule has 9 heteroatoms. The topological polar surface area (TPSA) is 86.8 Å². The van der Waals surface area contributed by atoms with Crippen LogP contribution >= 0.6 is 0 Å². The number of nitrogens with zero attached hydrogens (tertiary/aromatic N) is 2. The average molecular weight is 476 g/mol. The van der Waals surface area contributed by atoms with Gasteiger partial charge in [0.1, 0.15) is 5.82 Å². The third-order valence-corrected chi connectivity index (χ3v) is 8.80. The summed E-state index contributed by atoms with van der Waals surface area (Å²) in [6.45, 7) is 10.2. The molecular weight excluding hydrogens is 445 g/mol. The normalized spacial score (nSPS) is 14.9. The van der Waals surface area contributed by atoms with Crippen molar-refractivity contribution < 1.29 is 22.4 Å². The highest BCUT2D eigenvalue weighted by molar-refractivity contribution is 7.89. The van der Waals surface area contributed by atoms with Crippen molar-refractivity contribution in [3.8, 4) is 0 Å². The molecule has 1 saturated heterocycles. The Morgan fingerprint density at radius 1 is 0.848 bits per heavy atom. The van der Waals surface area contributed by atoms with Crippen LogP contribution < -0.4 is 5.32 Å². The van der Waals surface area contributed by atoms with E-state index in [1.54, 1.807) is 4.90 Å². The van der Waals surface area contributed by atoms with Crippen LogP contribution in [-0.4, -0.2) is 62.2 Å². The molecule has 178 valence electrons. The highest BCUT2D eigenvalue weighted by Crippen LogP contribution is 2.31. The molecule has 2 aromatic rings. The summed E-state index contributed by atoms with van der Waals surface area (Å²) in [5, 5.41) is 2.53. The fraction of sp³-hybridized carbons (Fsp3) is 0.417. The van der Waals surface area contributed by atoms with E-state index in [2.05, 4.69) is 5.32 Å². The van der Waals surface area contributed by atoms with Crippen molar-refractivity contribution in [3.05, 3.63) is 63.5 Å². The van der Waals surface area contributed by atoms with Crippen molar-refractivity contribution in [2.75, 3.05) is 32.7 Å². The van der Waals surface area contributed by atoms with Crippen molar-refractivity contribution in [1.29, 1.82) is 0 Å². The van der Waals surface area contributed by atoms with Gasteiger partial charge in [0.2, 0.25) is 15.9 Å². The predicted molar refractivity (Wildman–Crippen MR) is 124 cm³/mol. The zero-order valence-electron chi connectivity index (χ0n) is 19.7. The van der Waals surface area contributed by atoms with E-state index in [9.17, 15) is 22.4 Å². The van der Waals surface area contributed by atoms with Gasteiger partial charge in [0, 0.05) is 31.7 Å². The Morgan fingerprint density at radius 3 is 1.85 bits per heavy atom. The molecule has 1 aliphatic rings. The number of carbonyl (C=O) groups excluding carboxylic acids is 2. The number of rotatable bonds is 5. The molecule has 3 rings (SSSR count). The molecule has 1 N–H and O–H groups in total. The number of carbonyl (C=O) groups is 2. The number of piperazine rings is 1. The fourth-order valence-electron chi connectivity index (χ4n) is 4.13. The van der Waals surface area contributed by atoms with Gasteiger partial charge in [0.05, 0.1) is 11.4 Å². The number of nitrogens with one attached hydrogen (secondary N) is 1. The molecular formula is C24H30FN3O4S. The molecule has 2 amide bonds. The Bertz CT molecular complexity index is 1160. The van der Waals surface area contributed by atoms with Crippen molar-refractivity contribution >= 4 is 21.8 Å². The van der Waals surface area contributed by atoms with Crippen LogP contribution in [0.3, 0.4) is 0 Å². The lowest BCUT2D eigenvalue weighted by atomic mass is 9.95. The van der Waals surface area contributed by atoms with Gasteiger partial charge in [-0.05, 0) is 86.7 Å².